The summed E-state index contributed by atoms with van der Waals surface area (Å²) in [6.45, 7) is 1.87. The van der Waals surface area contributed by atoms with Crippen molar-refractivity contribution in [2.75, 3.05) is 5.32 Å². The fraction of sp³-hybridized carbons (Fsp3) is 0.100. The molecule has 0 spiro atoms. The average molecular weight is 224 g/mol. The van der Waals surface area contributed by atoms with E-state index in [1.54, 1.807) is 18.2 Å². The summed E-state index contributed by atoms with van der Waals surface area (Å²) in [5.41, 5.74) is 0. The standard InChI is InChI=1S/C10H10ClN3O/c1-2-3-4-5-9(15)13-8-6-7-12-10(11)14-8/h2-7H,1H3,(H,12,13,14,15). The van der Waals surface area contributed by atoms with Crippen molar-refractivity contribution in [1.29, 1.82) is 0 Å². The van der Waals surface area contributed by atoms with Gasteiger partial charge in [-0.25, -0.2) is 9.97 Å². The molecule has 0 unspecified atom stereocenters. The minimum atomic E-state index is -0.261. The minimum absolute atomic E-state index is 0.102. The molecule has 0 fully saturated rings. The molecule has 5 heteroatoms. The van der Waals surface area contributed by atoms with Crippen LogP contribution in [-0.4, -0.2) is 15.9 Å². The molecule has 1 amide bonds. The summed E-state index contributed by atoms with van der Waals surface area (Å²) < 4.78 is 0. The second-order valence-electron chi connectivity index (χ2n) is 2.59. The van der Waals surface area contributed by atoms with Crippen molar-refractivity contribution in [1.82, 2.24) is 9.97 Å². The number of halogens is 1. The Labute approximate surface area is 92.7 Å². The summed E-state index contributed by atoms with van der Waals surface area (Å²) in [7, 11) is 0. The van der Waals surface area contributed by atoms with Crippen LogP contribution in [0.25, 0.3) is 0 Å². The number of anilines is 1. The first kappa shape index (κ1) is 11.4. The van der Waals surface area contributed by atoms with Gasteiger partial charge in [-0.2, -0.15) is 0 Å². The van der Waals surface area contributed by atoms with E-state index in [-0.39, 0.29) is 11.2 Å². The van der Waals surface area contributed by atoms with Crippen LogP contribution < -0.4 is 5.32 Å². The van der Waals surface area contributed by atoms with Gasteiger partial charge in [-0.3, -0.25) is 4.79 Å². The van der Waals surface area contributed by atoms with Crippen molar-refractivity contribution < 1.29 is 4.79 Å². The summed E-state index contributed by atoms with van der Waals surface area (Å²) in [4.78, 5) is 18.8. The topological polar surface area (TPSA) is 54.9 Å². The monoisotopic (exact) mass is 223 g/mol. The van der Waals surface area contributed by atoms with E-state index in [2.05, 4.69) is 15.3 Å². The Kier molecular flexibility index (Phi) is 4.50. The van der Waals surface area contributed by atoms with E-state index in [0.29, 0.717) is 5.82 Å². The van der Waals surface area contributed by atoms with Crippen LogP contribution in [-0.2, 0) is 4.79 Å². The third-order valence-electron chi connectivity index (χ3n) is 1.43. The van der Waals surface area contributed by atoms with E-state index in [1.807, 2.05) is 13.0 Å². The largest absolute Gasteiger partial charge is 0.307 e. The molecule has 1 aromatic heterocycles. The SMILES string of the molecule is CC=CC=CC(=O)Nc1ccnc(Cl)n1. The second kappa shape index (κ2) is 5.93. The van der Waals surface area contributed by atoms with E-state index in [4.69, 9.17) is 11.6 Å². The fourth-order valence-corrected chi connectivity index (χ4v) is 0.974. The van der Waals surface area contributed by atoms with Crippen LogP contribution in [0.1, 0.15) is 6.92 Å². The Bertz CT molecular complexity index is 401. The predicted octanol–water partition coefficient (Wildman–Crippen LogP) is 2.20. The normalized spacial score (nSPS) is 11.1. The first-order chi connectivity index (χ1) is 7.22. The predicted molar refractivity (Wildman–Crippen MR) is 59.6 cm³/mol. The average Bonchev–Trinajstić information content (AvgIpc) is 2.18. The molecule has 1 heterocycles. The van der Waals surface area contributed by atoms with E-state index < -0.39 is 0 Å². The molecule has 0 saturated heterocycles. The first-order valence-corrected chi connectivity index (χ1v) is 4.69. The van der Waals surface area contributed by atoms with Gasteiger partial charge in [0.2, 0.25) is 11.2 Å². The number of hydrogen-bond donors (Lipinski definition) is 1. The molecule has 0 atom stereocenters. The molecule has 4 nitrogen and oxygen atoms in total. The van der Waals surface area contributed by atoms with Gasteiger partial charge in [0.15, 0.2) is 0 Å². The maximum atomic E-state index is 11.3. The van der Waals surface area contributed by atoms with Crippen molar-refractivity contribution >= 4 is 23.3 Å². The van der Waals surface area contributed by atoms with E-state index in [9.17, 15) is 4.79 Å². The molecule has 0 aliphatic carbocycles. The minimum Gasteiger partial charge on any atom is -0.307 e. The number of nitrogens with one attached hydrogen (secondary N) is 1. The summed E-state index contributed by atoms with van der Waals surface area (Å²) >= 11 is 5.55. The van der Waals surface area contributed by atoms with Gasteiger partial charge in [0.05, 0.1) is 0 Å². The molecule has 0 bridgehead atoms. The van der Waals surface area contributed by atoms with Gasteiger partial charge in [0.25, 0.3) is 0 Å². The summed E-state index contributed by atoms with van der Waals surface area (Å²) in [6.07, 6.45) is 8.09. The van der Waals surface area contributed by atoms with Gasteiger partial charge in [-0.05, 0) is 24.6 Å². The molecular formula is C10H10ClN3O. The Morgan fingerprint density at radius 2 is 2.33 bits per heavy atom. The molecule has 78 valence electrons. The lowest BCUT2D eigenvalue weighted by Crippen LogP contribution is -2.09. The second-order valence-corrected chi connectivity index (χ2v) is 2.92. The smallest absolute Gasteiger partial charge is 0.249 e. The van der Waals surface area contributed by atoms with E-state index in [0.717, 1.165) is 0 Å². The highest BCUT2D eigenvalue weighted by atomic mass is 35.5. The number of hydrogen-bond acceptors (Lipinski definition) is 3. The number of carbonyl (C=O) groups excluding carboxylic acids is 1. The van der Waals surface area contributed by atoms with E-state index in [1.165, 1.54) is 12.3 Å². The Hall–Kier alpha value is -1.68. The van der Waals surface area contributed by atoms with Crippen LogP contribution in [0.5, 0.6) is 0 Å². The number of aromatic nitrogens is 2. The molecule has 0 aromatic carbocycles. The van der Waals surface area contributed by atoms with Crippen LogP contribution >= 0.6 is 11.6 Å². The summed E-state index contributed by atoms with van der Waals surface area (Å²) in [5, 5.41) is 2.65. The maximum absolute atomic E-state index is 11.3. The van der Waals surface area contributed by atoms with Gasteiger partial charge < -0.3 is 5.32 Å². The highest BCUT2D eigenvalue weighted by Gasteiger charge is 1.99. The number of carbonyl (C=O) groups is 1. The highest BCUT2D eigenvalue weighted by Crippen LogP contribution is 2.05. The summed E-state index contributed by atoms with van der Waals surface area (Å²) in [6, 6.07) is 1.56. The zero-order valence-electron chi connectivity index (χ0n) is 8.14. The molecular weight excluding hydrogens is 214 g/mol. The molecule has 1 aromatic rings. The number of amides is 1. The zero-order valence-corrected chi connectivity index (χ0v) is 8.90. The van der Waals surface area contributed by atoms with E-state index >= 15 is 0 Å². The van der Waals surface area contributed by atoms with Crippen LogP contribution in [0.15, 0.2) is 36.6 Å². The number of nitrogens with zero attached hydrogens (tertiary/aromatic N) is 2. The Balaban J connectivity index is 2.59. The Morgan fingerprint density at radius 3 is 3.00 bits per heavy atom. The fourth-order valence-electron chi connectivity index (χ4n) is 0.826. The first-order valence-electron chi connectivity index (χ1n) is 4.31. The molecule has 15 heavy (non-hydrogen) atoms. The van der Waals surface area contributed by atoms with Crippen LogP contribution in [0.3, 0.4) is 0 Å². The van der Waals surface area contributed by atoms with Gasteiger partial charge in [-0.1, -0.05) is 18.2 Å². The lowest BCUT2D eigenvalue weighted by Gasteiger charge is -1.99. The summed E-state index contributed by atoms with van der Waals surface area (Å²) in [5.74, 6) is 0.119. The molecule has 0 saturated carbocycles. The zero-order chi connectivity index (χ0) is 11.1. The van der Waals surface area contributed by atoms with Crippen molar-refractivity contribution in [3.05, 3.63) is 41.9 Å². The number of allylic oxidation sites excluding steroid dienone is 3. The molecule has 0 aliphatic heterocycles. The van der Waals surface area contributed by atoms with Gasteiger partial charge in [-0.15, -0.1) is 0 Å². The maximum Gasteiger partial charge on any atom is 0.249 e. The lowest BCUT2D eigenvalue weighted by molar-refractivity contribution is -0.111. The number of rotatable bonds is 3. The molecule has 1 N–H and O–H groups in total. The Morgan fingerprint density at radius 1 is 1.53 bits per heavy atom. The molecule has 0 aliphatic rings. The van der Waals surface area contributed by atoms with Crippen LogP contribution in [0.2, 0.25) is 5.28 Å². The van der Waals surface area contributed by atoms with Gasteiger partial charge in [0, 0.05) is 12.3 Å². The third kappa shape index (κ3) is 4.37. The molecule has 0 radical (unpaired) electrons. The van der Waals surface area contributed by atoms with Crippen molar-refractivity contribution in [3.8, 4) is 0 Å². The van der Waals surface area contributed by atoms with Crippen LogP contribution in [0.4, 0.5) is 5.82 Å². The van der Waals surface area contributed by atoms with Crippen LogP contribution in [0, 0.1) is 0 Å². The van der Waals surface area contributed by atoms with Crippen molar-refractivity contribution in [2.45, 2.75) is 6.92 Å². The van der Waals surface area contributed by atoms with Crippen molar-refractivity contribution in [2.24, 2.45) is 0 Å². The lowest BCUT2D eigenvalue weighted by atomic mass is 10.4. The third-order valence-corrected chi connectivity index (χ3v) is 1.61. The van der Waals surface area contributed by atoms with Gasteiger partial charge in [0.1, 0.15) is 5.82 Å². The van der Waals surface area contributed by atoms with Gasteiger partial charge >= 0.3 is 0 Å². The van der Waals surface area contributed by atoms with Crippen molar-refractivity contribution in [3.63, 3.8) is 0 Å². The quantitative estimate of drug-likeness (QED) is 0.486. The molecule has 1 rings (SSSR count). The highest BCUT2D eigenvalue weighted by molar-refractivity contribution is 6.28.